The Morgan fingerprint density at radius 2 is 1.80 bits per heavy atom. The van der Waals surface area contributed by atoms with Gasteiger partial charge in [0.15, 0.2) is 0 Å². The van der Waals surface area contributed by atoms with Crippen LogP contribution < -0.4 is 5.56 Å². The van der Waals surface area contributed by atoms with Crippen LogP contribution in [0.5, 0.6) is 0 Å². The van der Waals surface area contributed by atoms with Crippen LogP contribution in [0.3, 0.4) is 0 Å². The van der Waals surface area contributed by atoms with Gasteiger partial charge in [0, 0.05) is 11.6 Å². The van der Waals surface area contributed by atoms with Crippen LogP contribution >= 0.6 is 0 Å². The van der Waals surface area contributed by atoms with E-state index in [0.29, 0.717) is 11.0 Å². The standard InChI is InChI=1S/C17H12N2O/c1-11-6-9-15-18-16-13-5-3-2-4-12(13)7-8-14(16)17(20)19(15)10-11/h2-10H,1H3. The molecule has 0 aliphatic heterocycles. The Morgan fingerprint density at radius 1 is 0.950 bits per heavy atom. The number of aromatic nitrogens is 2. The summed E-state index contributed by atoms with van der Waals surface area (Å²) in [5.41, 5.74) is 2.49. The molecule has 0 unspecified atom stereocenters. The Hall–Kier alpha value is -2.68. The molecule has 2 heterocycles. The monoisotopic (exact) mass is 260 g/mol. The van der Waals surface area contributed by atoms with Crippen molar-refractivity contribution in [1.29, 1.82) is 0 Å². The van der Waals surface area contributed by atoms with E-state index in [1.54, 1.807) is 4.40 Å². The molecule has 0 N–H and O–H groups in total. The summed E-state index contributed by atoms with van der Waals surface area (Å²) < 4.78 is 1.62. The summed E-state index contributed by atoms with van der Waals surface area (Å²) in [7, 11) is 0. The smallest absolute Gasteiger partial charge is 0.265 e. The van der Waals surface area contributed by atoms with Gasteiger partial charge in [-0.05, 0) is 30.0 Å². The fourth-order valence-corrected chi connectivity index (χ4v) is 2.65. The molecule has 0 aliphatic rings. The average molecular weight is 260 g/mol. The lowest BCUT2D eigenvalue weighted by Gasteiger charge is -2.06. The molecule has 4 rings (SSSR count). The number of hydrogen-bond acceptors (Lipinski definition) is 2. The molecule has 0 radical (unpaired) electrons. The topological polar surface area (TPSA) is 34.4 Å². The number of benzene rings is 2. The molecule has 0 aliphatic carbocycles. The highest BCUT2D eigenvalue weighted by Gasteiger charge is 2.08. The third kappa shape index (κ3) is 1.46. The molecule has 4 aromatic rings. The Kier molecular flexibility index (Phi) is 2.18. The maximum atomic E-state index is 12.6. The zero-order valence-corrected chi connectivity index (χ0v) is 11.0. The van der Waals surface area contributed by atoms with Gasteiger partial charge in [-0.25, -0.2) is 4.98 Å². The van der Waals surface area contributed by atoms with Gasteiger partial charge < -0.3 is 0 Å². The SMILES string of the molecule is Cc1ccc2nc3c(ccc4ccccc43)c(=O)n2c1. The first-order valence-electron chi connectivity index (χ1n) is 6.54. The Morgan fingerprint density at radius 3 is 2.70 bits per heavy atom. The van der Waals surface area contributed by atoms with E-state index in [9.17, 15) is 4.79 Å². The highest BCUT2D eigenvalue weighted by atomic mass is 16.1. The minimum atomic E-state index is -0.0144. The molecule has 0 amide bonds. The molecular weight excluding hydrogens is 248 g/mol. The number of nitrogens with zero attached hydrogens (tertiary/aromatic N) is 2. The first kappa shape index (κ1) is 11.2. The third-order valence-electron chi connectivity index (χ3n) is 3.65. The fourth-order valence-electron chi connectivity index (χ4n) is 2.65. The van der Waals surface area contributed by atoms with E-state index < -0.39 is 0 Å². The van der Waals surface area contributed by atoms with Crippen LogP contribution in [-0.2, 0) is 0 Å². The predicted molar refractivity (Wildman–Crippen MR) is 81.2 cm³/mol. The second-order valence-corrected chi connectivity index (χ2v) is 5.03. The lowest BCUT2D eigenvalue weighted by molar-refractivity contribution is 1.06. The Labute approximate surface area is 115 Å². The molecule has 0 atom stereocenters. The third-order valence-corrected chi connectivity index (χ3v) is 3.65. The molecule has 96 valence electrons. The van der Waals surface area contributed by atoms with Crippen molar-refractivity contribution in [3.63, 3.8) is 0 Å². The molecule has 3 heteroatoms. The van der Waals surface area contributed by atoms with Crippen molar-refractivity contribution in [2.45, 2.75) is 6.92 Å². The number of pyridine rings is 1. The molecule has 0 bridgehead atoms. The van der Waals surface area contributed by atoms with Gasteiger partial charge in [-0.15, -0.1) is 0 Å². The minimum absolute atomic E-state index is 0.0144. The van der Waals surface area contributed by atoms with Crippen LogP contribution in [0.1, 0.15) is 5.56 Å². The van der Waals surface area contributed by atoms with E-state index in [1.165, 1.54) is 0 Å². The predicted octanol–water partition coefficient (Wildman–Crippen LogP) is 3.31. The maximum Gasteiger partial charge on any atom is 0.265 e. The zero-order valence-electron chi connectivity index (χ0n) is 11.0. The summed E-state index contributed by atoms with van der Waals surface area (Å²) >= 11 is 0. The molecule has 2 aromatic heterocycles. The van der Waals surface area contributed by atoms with Crippen molar-refractivity contribution < 1.29 is 0 Å². The lowest BCUT2D eigenvalue weighted by atomic mass is 10.1. The van der Waals surface area contributed by atoms with Crippen molar-refractivity contribution in [3.8, 4) is 0 Å². The molecule has 2 aromatic carbocycles. The first-order valence-corrected chi connectivity index (χ1v) is 6.54. The highest BCUT2D eigenvalue weighted by molar-refractivity contribution is 6.05. The van der Waals surface area contributed by atoms with Crippen molar-refractivity contribution in [1.82, 2.24) is 9.38 Å². The largest absolute Gasteiger partial charge is 0.268 e. The fraction of sp³-hybridized carbons (Fsp3) is 0.0588. The minimum Gasteiger partial charge on any atom is -0.268 e. The van der Waals surface area contributed by atoms with Gasteiger partial charge in [-0.2, -0.15) is 0 Å². The molecule has 0 spiro atoms. The lowest BCUT2D eigenvalue weighted by Crippen LogP contribution is -2.15. The van der Waals surface area contributed by atoms with E-state index >= 15 is 0 Å². The molecule has 0 saturated heterocycles. The van der Waals surface area contributed by atoms with Crippen LogP contribution in [0, 0.1) is 6.92 Å². The second-order valence-electron chi connectivity index (χ2n) is 5.03. The number of hydrogen-bond donors (Lipinski definition) is 0. The van der Waals surface area contributed by atoms with Crippen molar-refractivity contribution in [2.75, 3.05) is 0 Å². The van der Waals surface area contributed by atoms with Crippen LogP contribution in [0.4, 0.5) is 0 Å². The molecule has 20 heavy (non-hydrogen) atoms. The maximum absolute atomic E-state index is 12.6. The number of rotatable bonds is 0. The van der Waals surface area contributed by atoms with Crippen LogP contribution in [0.25, 0.3) is 27.3 Å². The van der Waals surface area contributed by atoms with Crippen molar-refractivity contribution >= 4 is 27.3 Å². The van der Waals surface area contributed by atoms with Gasteiger partial charge >= 0.3 is 0 Å². The van der Waals surface area contributed by atoms with E-state index in [2.05, 4.69) is 4.98 Å². The van der Waals surface area contributed by atoms with Gasteiger partial charge in [0.1, 0.15) is 5.65 Å². The first-order chi connectivity index (χ1) is 9.74. The summed E-state index contributed by atoms with van der Waals surface area (Å²) in [6, 6.07) is 15.7. The summed E-state index contributed by atoms with van der Waals surface area (Å²) in [6.07, 6.45) is 1.83. The number of fused-ring (bicyclic) bond motifs is 4. The van der Waals surface area contributed by atoms with E-state index in [1.807, 2.05) is 61.7 Å². The number of aryl methyl sites for hydroxylation is 1. The van der Waals surface area contributed by atoms with Crippen molar-refractivity contribution in [2.24, 2.45) is 0 Å². The van der Waals surface area contributed by atoms with Crippen molar-refractivity contribution in [3.05, 3.63) is 70.6 Å². The van der Waals surface area contributed by atoms with Gasteiger partial charge in [-0.1, -0.05) is 36.4 Å². The quantitative estimate of drug-likeness (QED) is 0.359. The zero-order chi connectivity index (χ0) is 13.7. The summed E-state index contributed by atoms with van der Waals surface area (Å²) in [4.78, 5) is 17.3. The highest BCUT2D eigenvalue weighted by Crippen LogP contribution is 2.22. The Balaban J connectivity index is 2.31. The molecular formula is C17H12N2O. The molecule has 0 fully saturated rings. The van der Waals surface area contributed by atoms with Crippen LogP contribution in [-0.4, -0.2) is 9.38 Å². The van der Waals surface area contributed by atoms with Crippen LogP contribution in [0.15, 0.2) is 59.5 Å². The second kappa shape index (κ2) is 3.90. The summed E-state index contributed by atoms with van der Waals surface area (Å²) in [5.74, 6) is 0. The summed E-state index contributed by atoms with van der Waals surface area (Å²) in [6.45, 7) is 1.97. The summed E-state index contributed by atoms with van der Waals surface area (Å²) in [5, 5.41) is 2.78. The normalized spacial score (nSPS) is 11.4. The van der Waals surface area contributed by atoms with Gasteiger partial charge in [-0.3, -0.25) is 9.20 Å². The van der Waals surface area contributed by atoms with Gasteiger partial charge in [0.05, 0.1) is 10.9 Å². The van der Waals surface area contributed by atoms with E-state index in [-0.39, 0.29) is 5.56 Å². The molecule has 0 saturated carbocycles. The average Bonchev–Trinajstić information content (AvgIpc) is 2.48. The van der Waals surface area contributed by atoms with E-state index in [0.717, 1.165) is 21.9 Å². The van der Waals surface area contributed by atoms with Gasteiger partial charge in [0.25, 0.3) is 5.56 Å². The van der Waals surface area contributed by atoms with E-state index in [4.69, 9.17) is 0 Å². The van der Waals surface area contributed by atoms with Gasteiger partial charge in [0.2, 0.25) is 0 Å². The Bertz CT molecular complexity index is 1030. The molecule has 3 nitrogen and oxygen atoms in total. The van der Waals surface area contributed by atoms with Crippen LogP contribution in [0.2, 0.25) is 0 Å².